The van der Waals surface area contributed by atoms with Gasteiger partial charge in [-0.2, -0.15) is 17.5 Å². The number of hydrogen-bond donors (Lipinski definition) is 0. The first-order valence-electron chi connectivity index (χ1n) is 9.53. The quantitative estimate of drug-likeness (QED) is 0.507. The third-order valence-electron chi connectivity index (χ3n) is 4.99. The van der Waals surface area contributed by atoms with Crippen molar-refractivity contribution in [2.24, 2.45) is 0 Å². The van der Waals surface area contributed by atoms with Crippen LogP contribution in [0.15, 0.2) is 58.0 Å². The van der Waals surface area contributed by atoms with Gasteiger partial charge < -0.3 is 4.74 Å². The second kappa shape index (κ2) is 8.49. The van der Waals surface area contributed by atoms with Gasteiger partial charge in [-0.3, -0.25) is 0 Å². The molecule has 32 heavy (non-hydrogen) atoms. The van der Waals surface area contributed by atoms with E-state index in [-0.39, 0.29) is 30.3 Å². The molecule has 0 saturated carbocycles. The Bertz CT molecular complexity index is 1230. The van der Waals surface area contributed by atoms with Crippen molar-refractivity contribution in [3.8, 4) is 5.75 Å². The molecule has 4 rings (SSSR count). The minimum atomic E-state index is -4.40. The van der Waals surface area contributed by atoms with Gasteiger partial charge in [0.15, 0.2) is 0 Å². The zero-order valence-electron chi connectivity index (χ0n) is 16.8. The standard InChI is InChI=1S/C20H18BrF3N4O3S/c1-13-12-31-18-8-16(21)6-7-19(18)32(29,30)28(13)11-17-10-27(26-25-17)9-14-2-4-15(5-3-14)20(22,23)24/h2-8,10,13H,9,11-12H2,1H3/t13-/m1/s1. The third-order valence-corrected chi connectivity index (χ3v) is 7.49. The summed E-state index contributed by atoms with van der Waals surface area (Å²) in [5, 5.41) is 8.03. The van der Waals surface area contributed by atoms with E-state index in [0.717, 1.165) is 12.1 Å². The number of hydrogen-bond acceptors (Lipinski definition) is 5. The molecular formula is C20H18BrF3N4O3S. The Morgan fingerprint density at radius 3 is 2.56 bits per heavy atom. The molecule has 0 unspecified atom stereocenters. The number of fused-ring (bicyclic) bond motifs is 1. The number of sulfonamides is 1. The molecule has 0 spiro atoms. The molecule has 2 heterocycles. The number of ether oxygens (including phenoxy) is 1. The summed E-state index contributed by atoms with van der Waals surface area (Å²) in [5.74, 6) is 0.277. The SMILES string of the molecule is C[C@@H]1COc2cc(Br)ccc2S(=O)(=O)N1Cc1cn(Cc2ccc(C(F)(F)F)cc2)nn1. The fourth-order valence-electron chi connectivity index (χ4n) is 3.34. The Balaban J connectivity index is 1.53. The van der Waals surface area contributed by atoms with Gasteiger partial charge in [-0.15, -0.1) is 5.10 Å². The molecule has 2 aromatic carbocycles. The van der Waals surface area contributed by atoms with Crippen molar-refractivity contribution in [3.63, 3.8) is 0 Å². The second-order valence-corrected chi connectivity index (χ2v) is 10.2. The summed E-state index contributed by atoms with van der Waals surface area (Å²) >= 11 is 3.32. The van der Waals surface area contributed by atoms with Gasteiger partial charge in [0.2, 0.25) is 10.0 Å². The van der Waals surface area contributed by atoms with Crippen molar-refractivity contribution in [1.29, 1.82) is 0 Å². The Kier molecular flexibility index (Phi) is 6.03. The van der Waals surface area contributed by atoms with E-state index in [4.69, 9.17) is 4.74 Å². The summed E-state index contributed by atoms with van der Waals surface area (Å²) in [6.45, 7) is 2.09. The van der Waals surface area contributed by atoms with Gasteiger partial charge in [0, 0.05) is 4.47 Å². The van der Waals surface area contributed by atoms with Crippen LogP contribution in [0.2, 0.25) is 0 Å². The fourth-order valence-corrected chi connectivity index (χ4v) is 5.38. The molecular weight excluding hydrogens is 513 g/mol. The molecule has 1 atom stereocenters. The Morgan fingerprint density at radius 2 is 1.88 bits per heavy atom. The summed E-state index contributed by atoms with van der Waals surface area (Å²) < 4.78 is 73.8. The van der Waals surface area contributed by atoms with Crippen LogP contribution in [0.25, 0.3) is 0 Å². The largest absolute Gasteiger partial charge is 0.490 e. The van der Waals surface area contributed by atoms with Crippen molar-refractivity contribution in [2.45, 2.75) is 37.1 Å². The molecule has 0 fully saturated rings. The molecule has 0 amide bonds. The Hall–Kier alpha value is -2.44. The zero-order chi connectivity index (χ0) is 23.1. The Morgan fingerprint density at radius 1 is 1.16 bits per heavy atom. The van der Waals surface area contributed by atoms with E-state index >= 15 is 0 Å². The minimum Gasteiger partial charge on any atom is -0.490 e. The van der Waals surface area contributed by atoms with Gasteiger partial charge >= 0.3 is 6.18 Å². The van der Waals surface area contributed by atoms with Crippen LogP contribution in [0.4, 0.5) is 13.2 Å². The lowest BCUT2D eigenvalue weighted by atomic mass is 10.1. The van der Waals surface area contributed by atoms with Crippen LogP contribution < -0.4 is 4.74 Å². The van der Waals surface area contributed by atoms with Gasteiger partial charge in [-0.25, -0.2) is 13.1 Å². The molecule has 1 aliphatic heterocycles. The van der Waals surface area contributed by atoms with E-state index in [0.29, 0.717) is 15.7 Å². The monoisotopic (exact) mass is 530 g/mol. The first-order valence-corrected chi connectivity index (χ1v) is 11.8. The average Bonchev–Trinajstić information content (AvgIpc) is 3.13. The lowest BCUT2D eigenvalue weighted by Gasteiger charge is -2.24. The molecule has 3 aromatic rings. The molecule has 170 valence electrons. The van der Waals surface area contributed by atoms with Gasteiger partial charge in [0.25, 0.3) is 0 Å². The number of alkyl halides is 3. The predicted molar refractivity (Wildman–Crippen MR) is 112 cm³/mol. The van der Waals surface area contributed by atoms with Crippen LogP contribution in [0, 0.1) is 0 Å². The van der Waals surface area contributed by atoms with E-state index in [9.17, 15) is 21.6 Å². The summed E-state index contributed by atoms with van der Waals surface area (Å²) in [6, 6.07) is 9.05. The molecule has 0 bridgehead atoms. The molecule has 1 aromatic heterocycles. The predicted octanol–water partition coefficient (Wildman–Crippen LogP) is 4.08. The lowest BCUT2D eigenvalue weighted by molar-refractivity contribution is -0.137. The van der Waals surface area contributed by atoms with Gasteiger partial charge in [0.05, 0.1) is 36.6 Å². The molecule has 0 saturated heterocycles. The van der Waals surface area contributed by atoms with Crippen molar-refractivity contribution < 1.29 is 26.3 Å². The topological polar surface area (TPSA) is 77.3 Å². The molecule has 1 aliphatic rings. The van der Waals surface area contributed by atoms with Gasteiger partial charge in [-0.05, 0) is 42.8 Å². The number of benzene rings is 2. The molecule has 0 aliphatic carbocycles. The lowest BCUT2D eigenvalue weighted by Crippen LogP contribution is -2.39. The highest BCUT2D eigenvalue weighted by Gasteiger charge is 2.35. The van der Waals surface area contributed by atoms with Crippen molar-refractivity contribution in [2.75, 3.05) is 6.61 Å². The van der Waals surface area contributed by atoms with Crippen LogP contribution in [0.5, 0.6) is 5.75 Å². The second-order valence-electron chi connectivity index (χ2n) is 7.40. The average molecular weight is 531 g/mol. The summed E-state index contributed by atoms with van der Waals surface area (Å²) in [4.78, 5) is 0.0715. The smallest absolute Gasteiger partial charge is 0.416 e. The molecule has 0 N–H and O–H groups in total. The first kappa shape index (κ1) is 22.7. The molecule has 7 nitrogen and oxygen atoms in total. The number of halogens is 4. The fraction of sp³-hybridized carbons (Fsp3) is 0.300. The highest BCUT2D eigenvalue weighted by molar-refractivity contribution is 9.10. The van der Waals surface area contributed by atoms with Crippen molar-refractivity contribution in [1.82, 2.24) is 19.3 Å². The maximum atomic E-state index is 13.2. The number of aromatic nitrogens is 3. The van der Waals surface area contributed by atoms with E-state index in [1.165, 1.54) is 27.2 Å². The zero-order valence-corrected chi connectivity index (χ0v) is 19.2. The highest BCUT2D eigenvalue weighted by Crippen LogP contribution is 2.34. The molecule has 0 radical (unpaired) electrons. The van der Waals surface area contributed by atoms with Crippen molar-refractivity contribution in [3.05, 3.63) is 70.0 Å². The van der Waals surface area contributed by atoms with Crippen LogP contribution in [-0.2, 0) is 29.3 Å². The van der Waals surface area contributed by atoms with E-state index in [1.54, 1.807) is 25.3 Å². The number of rotatable bonds is 4. The first-order chi connectivity index (χ1) is 15.0. The maximum Gasteiger partial charge on any atom is 0.416 e. The van der Waals surface area contributed by atoms with E-state index < -0.39 is 27.8 Å². The third kappa shape index (κ3) is 4.66. The minimum absolute atomic E-state index is 0.0185. The van der Waals surface area contributed by atoms with Crippen LogP contribution >= 0.6 is 15.9 Å². The van der Waals surface area contributed by atoms with Gasteiger partial charge in [0.1, 0.15) is 17.3 Å². The summed E-state index contributed by atoms with van der Waals surface area (Å²) in [5.41, 5.74) is 0.293. The van der Waals surface area contributed by atoms with Crippen molar-refractivity contribution >= 4 is 26.0 Å². The normalized spacial score (nSPS) is 18.6. The summed E-state index contributed by atoms with van der Waals surface area (Å²) in [6.07, 6.45) is -2.82. The van der Waals surface area contributed by atoms with Gasteiger partial charge in [-0.1, -0.05) is 33.3 Å². The van der Waals surface area contributed by atoms with E-state index in [1.807, 2.05) is 0 Å². The van der Waals surface area contributed by atoms with E-state index in [2.05, 4.69) is 26.2 Å². The highest BCUT2D eigenvalue weighted by atomic mass is 79.9. The van der Waals surface area contributed by atoms with Crippen LogP contribution in [-0.4, -0.2) is 40.4 Å². The Labute approximate surface area is 191 Å². The van der Waals surface area contributed by atoms with Crippen LogP contribution in [0.1, 0.15) is 23.7 Å². The maximum absolute atomic E-state index is 13.2. The number of nitrogens with zero attached hydrogens (tertiary/aromatic N) is 4. The summed E-state index contributed by atoms with van der Waals surface area (Å²) in [7, 11) is -3.85. The molecule has 12 heteroatoms. The van der Waals surface area contributed by atoms with Crippen LogP contribution in [0.3, 0.4) is 0 Å².